The molecule has 0 aliphatic heterocycles. The van der Waals surface area contributed by atoms with E-state index in [-0.39, 0.29) is 0 Å². The van der Waals surface area contributed by atoms with Crippen molar-refractivity contribution in [1.82, 2.24) is 0 Å². The number of hydrogen-bond donors (Lipinski definition) is 0. The van der Waals surface area contributed by atoms with Crippen molar-refractivity contribution < 1.29 is 0 Å². The van der Waals surface area contributed by atoms with E-state index >= 15 is 0 Å². The van der Waals surface area contributed by atoms with E-state index in [0.29, 0.717) is 0 Å². The molecule has 0 atom stereocenters. The fraction of sp³-hybridized carbons (Fsp3) is 0. The van der Waals surface area contributed by atoms with E-state index < -0.39 is 0 Å². The first-order valence-electron chi connectivity index (χ1n) is 9.96. The number of fused-ring (bicyclic) bond motifs is 2. The lowest BCUT2D eigenvalue weighted by molar-refractivity contribution is 1.59. The molecule has 138 valence electrons. The second-order valence-electron chi connectivity index (χ2n) is 7.13. The molecule has 5 aromatic rings. The number of benzene rings is 5. The average Bonchev–Trinajstić information content (AvgIpc) is 2.81. The Morgan fingerprint density at radius 3 is 1.33 bits per heavy atom. The summed E-state index contributed by atoms with van der Waals surface area (Å²) in [4.78, 5) is 0. The van der Waals surface area contributed by atoms with Gasteiger partial charge in [-0.25, -0.2) is 0 Å². The molecular weight excluding hydrogens is 360 g/mol. The Bertz CT molecular complexity index is 1370. The van der Waals surface area contributed by atoms with Crippen LogP contribution < -0.4 is 0 Å². The van der Waals surface area contributed by atoms with Crippen LogP contribution in [0.1, 0.15) is 22.3 Å². The van der Waals surface area contributed by atoms with Gasteiger partial charge in [0.25, 0.3) is 0 Å². The van der Waals surface area contributed by atoms with Crippen molar-refractivity contribution in [3.8, 4) is 23.7 Å². The Balaban J connectivity index is 1.48. The van der Waals surface area contributed by atoms with Crippen LogP contribution in [0.3, 0.4) is 0 Å². The highest BCUT2D eigenvalue weighted by Crippen LogP contribution is 2.19. The van der Waals surface area contributed by atoms with Crippen LogP contribution in [0.5, 0.6) is 0 Å². The van der Waals surface area contributed by atoms with Gasteiger partial charge < -0.3 is 0 Å². The summed E-state index contributed by atoms with van der Waals surface area (Å²) in [7, 11) is 0. The Morgan fingerprint density at radius 2 is 0.800 bits per heavy atom. The summed E-state index contributed by atoms with van der Waals surface area (Å²) in [5, 5.41) is 4.77. The summed E-state index contributed by atoms with van der Waals surface area (Å²) in [6.45, 7) is 0. The molecule has 0 heterocycles. The van der Waals surface area contributed by atoms with Crippen LogP contribution in [0.15, 0.2) is 109 Å². The maximum absolute atomic E-state index is 3.33. The topological polar surface area (TPSA) is 0 Å². The van der Waals surface area contributed by atoms with Crippen LogP contribution >= 0.6 is 0 Å². The molecule has 0 aliphatic rings. The van der Waals surface area contributed by atoms with Crippen molar-refractivity contribution in [3.05, 3.63) is 131 Å². The molecule has 0 nitrogen and oxygen atoms in total. The average molecular weight is 378 g/mol. The van der Waals surface area contributed by atoms with Gasteiger partial charge in [0.1, 0.15) is 0 Å². The Labute approximate surface area is 176 Å². The molecular formula is C30H18. The molecule has 0 spiro atoms. The molecule has 0 bridgehead atoms. The lowest BCUT2D eigenvalue weighted by atomic mass is 10.0. The Kier molecular flexibility index (Phi) is 4.75. The zero-order chi connectivity index (χ0) is 20.2. The molecule has 0 amide bonds. The van der Waals surface area contributed by atoms with Crippen molar-refractivity contribution >= 4 is 21.5 Å². The van der Waals surface area contributed by atoms with Crippen molar-refractivity contribution in [2.45, 2.75) is 0 Å². The fourth-order valence-electron chi connectivity index (χ4n) is 3.62. The van der Waals surface area contributed by atoms with Crippen molar-refractivity contribution in [1.29, 1.82) is 0 Å². The predicted molar refractivity (Wildman–Crippen MR) is 126 cm³/mol. The zero-order valence-corrected chi connectivity index (χ0v) is 16.4. The minimum Gasteiger partial charge on any atom is -0.0616 e. The number of hydrogen-bond acceptors (Lipinski definition) is 0. The van der Waals surface area contributed by atoms with Gasteiger partial charge >= 0.3 is 0 Å². The van der Waals surface area contributed by atoms with E-state index in [2.05, 4.69) is 115 Å². The van der Waals surface area contributed by atoms with Crippen LogP contribution in [-0.4, -0.2) is 0 Å². The lowest BCUT2D eigenvalue weighted by Gasteiger charge is -2.00. The molecule has 0 fully saturated rings. The van der Waals surface area contributed by atoms with E-state index in [9.17, 15) is 0 Å². The molecule has 0 aromatic heterocycles. The Morgan fingerprint density at radius 1 is 0.367 bits per heavy atom. The zero-order valence-electron chi connectivity index (χ0n) is 16.4. The summed E-state index contributed by atoms with van der Waals surface area (Å²) >= 11 is 0. The summed E-state index contributed by atoms with van der Waals surface area (Å²) in [6, 6.07) is 37.3. The van der Waals surface area contributed by atoms with Gasteiger partial charge in [0, 0.05) is 22.3 Å². The van der Waals surface area contributed by atoms with Crippen LogP contribution in [0.2, 0.25) is 0 Å². The first-order chi connectivity index (χ1) is 14.9. The first-order valence-corrected chi connectivity index (χ1v) is 9.96. The van der Waals surface area contributed by atoms with Crippen molar-refractivity contribution in [2.75, 3.05) is 0 Å². The van der Waals surface area contributed by atoms with E-state index in [1.54, 1.807) is 0 Å². The summed E-state index contributed by atoms with van der Waals surface area (Å²) < 4.78 is 0. The highest BCUT2D eigenvalue weighted by atomic mass is 14.0. The predicted octanol–water partition coefficient (Wildman–Crippen LogP) is 6.79. The summed E-state index contributed by atoms with van der Waals surface area (Å²) in [5.74, 6) is 13.3. The summed E-state index contributed by atoms with van der Waals surface area (Å²) in [5.41, 5.74) is 4.01. The SMILES string of the molecule is C(#Cc1cccc2ccccc12)c1cccc(C#Cc2cccc3ccccc23)c1. The van der Waals surface area contributed by atoms with Crippen LogP contribution in [-0.2, 0) is 0 Å². The second-order valence-corrected chi connectivity index (χ2v) is 7.13. The van der Waals surface area contributed by atoms with Gasteiger partial charge in [0.2, 0.25) is 0 Å². The van der Waals surface area contributed by atoms with Crippen LogP contribution in [0.25, 0.3) is 21.5 Å². The van der Waals surface area contributed by atoms with Gasteiger partial charge in [0.15, 0.2) is 0 Å². The molecule has 5 rings (SSSR count). The van der Waals surface area contributed by atoms with Crippen molar-refractivity contribution in [2.24, 2.45) is 0 Å². The minimum atomic E-state index is 0.965. The minimum absolute atomic E-state index is 0.965. The molecule has 0 radical (unpaired) electrons. The quantitative estimate of drug-likeness (QED) is 0.260. The Hall–Kier alpha value is -4.26. The smallest absolute Gasteiger partial charge is 0.0327 e. The molecule has 5 aromatic carbocycles. The van der Waals surface area contributed by atoms with E-state index in [1.165, 1.54) is 21.5 Å². The van der Waals surface area contributed by atoms with Gasteiger partial charge in [-0.15, -0.1) is 0 Å². The third-order valence-electron chi connectivity index (χ3n) is 5.12. The third kappa shape index (κ3) is 3.68. The lowest BCUT2D eigenvalue weighted by Crippen LogP contribution is -1.82. The van der Waals surface area contributed by atoms with Crippen molar-refractivity contribution in [3.63, 3.8) is 0 Å². The van der Waals surface area contributed by atoms with Gasteiger partial charge in [-0.1, -0.05) is 103 Å². The monoisotopic (exact) mass is 378 g/mol. The largest absolute Gasteiger partial charge is 0.0616 e. The molecule has 30 heavy (non-hydrogen) atoms. The summed E-state index contributed by atoms with van der Waals surface area (Å²) in [6.07, 6.45) is 0. The second kappa shape index (κ2) is 8.00. The van der Waals surface area contributed by atoms with Gasteiger partial charge in [-0.2, -0.15) is 0 Å². The maximum Gasteiger partial charge on any atom is 0.0327 e. The molecule has 0 N–H and O–H groups in total. The van der Waals surface area contributed by atoms with Gasteiger partial charge in [0.05, 0.1) is 0 Å². The number of rotatable bonds is 0. The van der Waals surface area contributed by atoms with Gasteiger partial charge in [-0.3, -0.25) is 0 Å². The highest BCUT2D eigenvalue weighted by molar-refractivity contribution is 5.89. The maximum atomic E-state index is 3.33. The van der Waals surface area contributed by atoms with E-state index in [1.807, 2.05) is 18.2 Å². The third-order valence-corrected chi connectivity index (χ3v) is 5.12. The fourth-order valence-corrected chi connectivity index (χ4v) is 3.62. The molecule has 0 saturated carbocycles. The molecule has 0 saturated heterocycles. The molecule has 0 unspecified atom stereocenters. The first kappa shape index (κ1) is 17.8. The standard InChI is InChI=1S/C30H18/c1-3-16-29-25(10-1)12-6-14-27(29)20-18-23-8-5-9-24(22-23)19-21-28-15-7-13-26-11-2-4-17-30(26)28/h1-17,22H. The van der Waals surface area contributed by atoms with E-state index in [0.717, 1.165) is 22.3 Å². The molecule has 0 heteroatoms. The highest BCUT2D eigenvalue weighted by Gasteiger charge is 1.98. The molecule has 0 aliphatic carbocycles. The van der Waals surface area contributed by atoms with Crippen LogP contribution in [0, 0.1) is 23.7 Å². The van der Waals surface area contributed by atoms with Gasteiger partial charge in [-0.05, 0) is 51.9 Å². The van der Waals surface area contributed by atoms with Crippen LogP contribution in [0.4, 0.5) is 0 Å². The normalized spacial score (nSPS) is 10.1. The van der Waals surface area contributed by atoms with E-state index in [4.69, 9.17) is 0 Å².